The number of nitrogens with zero attached hydrogens (tertiary/aromatic N) is 4. The Morgan fingerprint density at radius 3 is 1.38 bits per heavy atom. The normalized spacial score (nSPS) is 11.4. The van der Waals surface area contributed by atoms with Gasteiger partial charge in [0.25, 0.3) is 0 Å². The fourth-order valence-electron chi connectivity index (χ4n) is 7.51. The molecular weight excluding hydrogens is 645 g/mol. The molecule has 2 heterocycles. The zero-order chi connectivity index (χ0) is 35.1. The van der Waals surface area contributed by atoms with Gasteiger partial charge in [-0.2, -0.15) is 9.97 Å². The van der Waals surface area contributed by atoms with Crippen LogP contribution < -0.4 is 0 Å². The minimum absolute atomic E-state index is 0.570. The molecule has 0 unspecified atom stereocenters. The lowest BCUT2D eigenvalue weighted by molar-refractivity contribution is 0.954. The predicted octanol–water partition coefficient (Wildman–Crippen LogP) is 12.5. The summed E-state index contributed by atoms with van der Waals surface area (Å²) in [4.78, 5) is 15.7. The molecule has 10 rings (SSSR count). The Labute approximate surface area is 307 Å². The lowest BCUT2D eigenvalue weighted by atomic mass is 9.94. The molecule has 0 aliphatic heterocycles. The lowest BCUT2D eigenvalue weighted by Gasteiger charge is -2.13. The fraction of sp³-hybridized carbons (Fsp3) is 0. The number of aromatic nitrogens is 4. The molecule has 0 aliphatic rings. The van der Waals surface area contributed by atoms with Crippen LogP contribution in [0.25, 0.3) is 94.7 Å². The summed E-state index contributed by atoms with van der Waals surface area (Å²) in [6, 6.07) is 68.1. The summed E-state index contributed by atoms with van der Waals surface area (Å²) in [5.74, 6) is 1.81. The first-order chi connectivity index (χ1) is 26.3. The first kappa shape index (κ1) is 30.6. The topological polar surface area (TPSA) is 43.6 Å². The third-order valence-electron chi connectivity index (χ3n) is 10.1. The van der Waals surface area contributed by atoms with Gasteiger partial charge in [0.2, 0.25) is 5.95 Å². The molecule has 0 atom stereocenters. The summed E-state index contributed by atoms with van der Waals surface area (Å²) in [5, 5.41) is 4.71. The van der Waals surface area contributed by atoms with E-state index in [0.717, 1.165) is 55.4 Å². The molecule has 4 nitrogen and oxygen atoms in total. The third kappa shape index (κ3) is 5.45. The number of hydrogen-bond acceptors (Lipinski definition) is 3. The molecule has 53 heavy (non-hydrogen) atoms. The molecule has 0 saturated carbocycles. The average Bonchev–Trinajstić information content (AvgIpc) is 3.58. The van der Waals surface area contributed by atoms with Gasteiger partial charge in [0.05, 0.1) is 11.0 Å². The lowest BCUT2D eigenvalue weighted by Crippen LogP contribution is -2.06. The van der Waals surface area contributed by atoms with Crippen LogP contribution in [-0.2, 0) is 0 Å². The Balaban J connectivity index is 1.29. The molecule has 0 amide bonds. The molecule has 248 valence electrons. The summed E-state index contributed by atoms with van der Waals surface area (Å²) >= 11 is 0. The molecule has 2 aromatic heterocycles. The van der Waals surface area contributed by atoms with Crippen molar-refractivity contribution < 1.29 is 0 Å². The Bertz CT molecular complexity index is 2900. The van der Waals surface area contributed by atoms with E-state index in [4.69, 9.17) is 15.0 Å². The molecule has 4 heteroatoms. The van der Waals surface area contributed by atoms with Crippen LogP contribution in [0.3, 0.4) is 0 Å². The van der Waals surface area contributed by atoms with Crippen LogP contribution in [0, 0.1) is 0 Å². The monoisotopic (exact) mass is 676 g/mol. The van der Waals surface area contributed by atoms with Gasteiger partial charge < -0.3 is 0 Å². The van der Waals surface area contributed by atoms with Crippen molar-refractivity contribution in [3.63, 3.8) is 0 Å². The summed E-state index contributed by atoms with van der Waals surface area (Å²) < 4.78 is 2.24. The number of hydrogen-bond donors (Lipinski definition) is 0. The van der Waals surface area contributed by atoms with Crippen molar-refractivity contribution in [1.29, 1.82) is 0 Å². The zero-order valence-electron chi connectivity index (χ0n) is 28.8. The molecule has 0 spiro atoms. The highest BCUT2D eigenvalue weighted by molar-refractivity contribution is 6.24. The van der Waals surface area contributed by atoms with Gasteiger partial charge in [-0.3, -0.25) is 4.57 Å². The maximum atomic E-state index is 5.30. The molecule has 0 N–H and O–H groups in total. The molecular formula is C49H32N4. The van der Waals surface area contributed by atoms with Crippen molar-refractivity contribution in [3.05, 3.63) is 194 Å². The van der Waals surface area contributed by atoms with Crippen LogP contribution in [0.15, 0.2) is 194 Å². The van der Waals surface area contributed by atoms with E-state index in [2.05, 4.69) is 174 Å². The van der Waals surface area contributed by atoms with Crippen molar-refractivity contribution in [1.82, 2.24) is 19.5 Å². The van der Waals surface area contributed by atoms with Crippen LogP contribution in [0.5, 0.6) is 0 Å². The summed E-state index contributed by atoms with van der Waals surface area (Å²) in [6.07, 6.45) is 0. The fourth-order valence-corrected chi connectivity index (χ4v) is 7.51. The molecule has 0 aliphatic carbocycles. The van der Waals surface area contributed by atoms with Gasteiger partial charge in [0.15, 0.2) is 11.6 Å². The first-order valence-corrected chi connectivity index (χ1v) is 17.9. The van der Waals surface area contributed by atoms with Gasteiger partial charge in [0.1, 0.15) is 0 Å². The number of rotatable bonds is 6. The SMILES string of the molecule is c1ccc(-c2ccc(-c3nc(-c4ccccc4)nc(-n4c5cc(-c6ccccc6)ccc5c5c6ccccc6c(-c6ccccc6)cc54)n3)cc2)cc1. The van der Waals surface area contributed by atoms with E-state index in [9.17, 15) is 0 Å². The van der Waals surface area contributed by atoms with Gasteiger partial charge >= 0.3 is 0 Å². The Morgan fingerprint density at radius 2 is 0.755 bits per heavy atom. The first-order valence-electron chi connectivity index (χ1n) is 17.9. The predicted molar refractivity (Wildman–Crippen MR) is 219 cm³/mol. The van der Waals surface area contributed by atoms with Gasteiger partial charge in [-0.1, -0.05) is 182 Å². The maximum Gasteiger partial charge on any atom is 0.238 e. The molecule has 10 aromatic rings. The van der Waals surface area contributed by atoms with Gasteiger partial charge in [-0.05, 0) is 56.3 Å². The molecule has 8 aromatic carbocycles. The van der Waals surface area contributed by atoms with E-state index < -0.39 is 0 Å². The van der Waals surface area contributed by atoms with Crippen LogP contribution in [0.1, 0.15) is 0 Å². The second kappa shape index (κ2) is 12.9. The van der Waals surface area contributed by atoms with Crippen molar-refractivity contribution >= 4 is 32.6 Å². The smallest absolute Gasteiger partial charge is 0.238 e. The minimum atomic E-state index is 0.570. The molecule has 0 fully saturated rings. The van der Waals surface area contributed by atoms with E-state index in [-0.39, 0.29) is 0 Å². The zero-order valence-corrected chi connectivity index (χ0v) is 28.8. The standard InChI is InChI=1S/C49H32N4/c1-5-15-33(16-6-1)35-25-27-38(28-26-35)48-50-47(37-21-11-4-12-22-37)51-49(52-48)53-44-31-39(34-17-7-2-8-18-34)29-30-42(44)46-41-24-14-13-23-40(41)43(32-45(46)53)36-19-9-3-10-20-36/h1-32H. The van der Waals surface area contributed by atoms with Gasteiger partial charge in [-0.25, -0.2) is 4.98 Å². The van der Waals surface area contributed by atoms with Crippen LogP contribution in [-0.4, -0.2) is 19.5 Å². The summed E-state index contributed by atoms with van der Waals surface area (Å²) in [6.45, 7) is 0. The summed E-state index contributed by atoms with van der Waals surface area (Å²) in [7, 11) is 0. The van der Waals surface area contributed by atoms with Crippen LogP contribution in [0.4, 0.5) is 0 Å². The van der Waals surface area contributed by atoms with E-state index in [1.54, 1.807) is 0 Å². The number of fused-ring (bicyclic) bond motifs is 5. The van der Waals surface area contributed by atoms with Crippen molar-refractivity contribution in [2.45, 2.75) is 0 Å². The highest BCUT2D eigenvalue weighted by atomic mass is 15.2. The number of benzene rings is 8. The molecule has 0 saturated heterocycles. The average molecular weight is 677 g/mol. The highest BCUT2D eigenvalue weighted by Crippen LogP contribution is 2.42. The second-order valence-electron chi connectivity index (χ2n) is 13.3. The maximum absolute atomic E-state index is 5.30. The van der Waals surface area contributed by atoms with Crippen molar-refractivity contribution in [2.75, 3.05) is 0 Å². The van der Waals surface area contributed by atoms with Crippen molar-refractivity contribution in [2.24, 2.45) is 0 Å². The van der Waals surface area contributed by atoms with E-state index in [1.165, 1.54) is 21.7 Å². The minimum Gasteiger partial charge on any atom is -0.278 e. The third-order valence-corrected chi connectivity index (χ3v) is 10.1. The molecule has 0 radical (unpaired) electrons. The molecule has 0 bridgehead atoms. The largest absolute Gasteiger partial charge is 0.278 e. The highest BCUT2D eigenvalue weighted by Gasteiger charge is 2.22. The van der Waals surface area contributed by atoms with Gasteiger partial charge in [-0.15, -0.1) is 0 Å². The van der Waals surface area contributed by atoms with E-state index in [1.807, 2.05) is 24.3 Å². The van der Waals surface area contributed by atoms with Crippen molar-refractivity contribution in [3.8, 4) is 62.1 Å². The van der Waals surface area contributed by atoms with Crippen LogP contribution in [0.2, 0.25) is 0 Å². The quantitative estimate of drug-likeness (QED) is 0.176. The Morgan fingerprint density at radius 1 is 0.302 bits per heavy atom. The van der Waals surface area contributed by atoms with E-state index in [0.29, 0.717) is 17.6 Å². The van der Waals surface area contributed by atoms with E-state index >= 15 is 0 Å². The summed E-state index contributed by atoms with van der Waals surface area (Å²) in [5.41, 5.74) is 10.8. The Hall–Kier alpha value is -7.17. The second-order valence-corrected chi connectivity index (χ2v) is 13.3. The van der Waals surface area contributed by atoms with Crippen LogP contribution >= 0.6 is 0 Å². The Kier molecular flexibility index (Phi) is 7.43. The van der Waals surface area contributed by atoms with Gasteiger partial charge in [0, 0.05) is 21.9 Å².